The smallest absolute Gasteiger partial charge is 0.248 e. The predicted molar refractivity (Wildman–Crippen MR) is 59.9 cm³/mol. The molecule has 1 N–H and O–H groups in total. The summed E-state index contributed by atoms with van der Waals surface area (Å²) in [6.45, 7) is 4.41. The van der Waals surface area contributed by atoms with Crippen LogP contribution in [-0.4, -0.2) is 48.3 Å². The van der Waals surface area contributed by atoms with Crippen molar-refractivity contribution in [3.63, 3.8) is 0 Å². The van der Waals surface area contributed by atoms with Crippen molar-refractivity contribution in [3.05, 3.63) is 0 Å². The second kappa shape index (κ2) is 5.15. The Morgan fingerprint density at radius 1 is 1.44 bits per heavy atom. The first-order valence-electron chi connectivity index (χ1n) is 6.26. The first-order valence-corrected chi connectivity index (χ1v) is 6.26. The third kappa shape index (κ3) is 2.38. The van der Waals surface area contributed by atoms with E-state index in [1.165, 1.54) is 0 Å². The van der Waals surface area contributed by atoms with Crippen LogP contribution in [0.2, 0.25) is 0 Å². The fraction of sp³-hybridized carbons (Fsp3) is 0.917. The Morgan fingerprint density at radius 2 is 2.25 bits per heavy atom. The van der Waals surface area contributed by atoms with E-state index in [1.807, 2.05) is 11.8 Å². The van der Waals surface area contributed by atoms with Crippen molar-refractivity contribution in [1.29, 1.82) is 0 Å². The molecule has 3 unspecified atom stereocenters. The van der Waals surface area contributed by atoms with Gasteiger partial charge < -0.3 is 14.7 Å². The molecule has 1 saturated heterocycles. The van der Waals surface area contributed by atoms with Crippen molar-refractivity contribution in [2.45, 2.75) is 32.3 Å². The summed E-state index contributed by atoms with van der Waals surface area (Å²) in [5.41, 5.74) is 0. The van der Waals surface area contributed by atoms with E-state index < -0.39 is 0 Å². The summed E-state index contributed by atoms with van der Waals surface area (Å²) in [6.07, 6.45) is 2.71. The minimum Gasteiger partial charge on any atom is -0.393 e. The molecule has 0 radical (unpaired) electrons. The molecule has 0 bridgehead atoms. The van der Waals surface area contributed by atoms with Crippen LogP contribution in [0.15, 0.2) is 0 Å². The van der Waals surface area contributed by atoms with Gasteiger partial charge in [-0.05, 0) is 25.2 Å². The van der Waals surface area contributed by atoms with E-state index in [4.69, 9.17) is 4.74 Å². The number of fused-ring (bicyclic) bond motifs is 1. The summed E-state index contributed by atoms with van der Waals surface area (Å²) >= 11 is 0. The second-order valence-electron chi connectivity index (χ2n) is 4.92. The van der Waals surface area contributed by atoms with E-state index in [-0.39, 0.29) is 18.6 Å². The van der Waals surface area contributed by atoms with Gasteiger partial charge in [-0.15, -0.1) is 0 Å². The summed E-state index contributed by atoms with van der Waals surface area (Å²) in [4.78, 5) is 13.6. The number of nitrogens with zero attached hydrogens (tertiary/aromatic N) is 1. The van der Waals surface area contributed by atoms with Crippen molar-refractivity contribution in [3.8, 4) is 0 Å². The molecule has 4 heteroatoms. The Labute approximate surface area is 96.6 Å². The SMILES string of the molecule is CCCOCC(=O)N1CC2CCC(O)C2C1. The Kier molecular flexibility index (Phi) is 3.82. The lowest BCUT2D eigenvalue weighted by atomic mass is 10.00. The zero-order valence-corrected chi connectivity index (χ0v) is 9.89. The van der Waals surface area contributed by atoms with Crippen LogP contribution in [0.25, 0.3) is 0 Å². The molecule has 0 spiro atoms. The van der Waals surface area contributed by atoms with E-state index in [0.29, 0.717) is 18.4 Å². The fourth-order valence-corrected chi connectivity index (χ4v) is 2.84. The van der Waals surface area contributed by atoms with Crippen LogP contribution in [0, 0.1) is 11.8 Å². The van der Waals surface area contributed by atoms with Gasteiger partial charge in [0.25, 0.3) is 0 Å². The number of carbonyl (C=O) groups excluding carboxylic acids is 1. The molecule has 1 saturated carbocycles. The number of amides is 1. The molecular formula is C12H21NO3. The lowest BCUT2D eigenvalue weighted by Crippen LogP contribution is -2.33. The van der Waals surface area contributed by atoms with Crippen molar-refractivity contribution in [2.24, 2.45) is 11.8 Å². The monoisotopic (exact) mass is 227 g/mol. The maximum Gasteiger partial charge on any atom is 0.248 e. The van der Waals surface area contributed by atoms with Gasteiger partial charge in [0.2, 0.25) is 5.91 Å². The van der Waals surface area contributed by atoms with Gasteiger partial charge in [0, 0.05) is 25.6 Å². The molecule has 16 heavy (non-hydrogen) atoms. The fourth-order valence-electron chi connectivity index (χ4n) is 2.84. The highest BCUT2D eigenvalue weighted by atomic mass is 16.5. The molecule has 1 aliphatic heterocycles. The molecule has 2 fully saturated rings. The summed E-state index contributed by atoms with van der Waals surface area (Å²) in [5.74, 6) is 0.912. The van der Waals surface area contributed by atoms with Gasteiger partial charge in [-0.3, -0.25) is 4.79 Å². The average molecular weight is 227 g/mol. The van der Waals surface area contributed by atoms with Crippen molar-refractivity contribution >= 4 is 5.91 Å². The Hall–Kier alpha value is -0.610. The average Bonchev–Trinajstić information content (AvgIpc) is 2.82. The molecular weight excluding hydrogens is 206 g/mol. The number of hydrogen-bond donors (Lipinski definition) is 1. The van der Waals surface area contributed by atoms with Crippen molar-refractivity contribution in [2.75, 3.05) is 26.3 Å². The summed E-state index contributed by atoms with van der Waals surface area (Å²) in [5, 5.41) is 9.74. The zero-order chi connectivity index (χ0) is 11.5. The molecule has 4 nitrogen and oxygen atoms in total. The Morgan fingerprint density at radius 3 is 2.94 bits per heavy atom. The van der Waals surface area contributed by atoms with Crippen LogP contribution in [0.4, 0.5) is 0 Å². The zero-order valence-electron chi connectivity index (χ0n) is 9.89. The van der Waals surface area contributed by atoms with E-state index >= 15 is 0 Å². The summed E-state index contributed by atoms with van der Waals surface area (Å²) in [6, 6.07) is 0. The van der Waals surface area contributed by atoms with Crippen LogP contribution >= 0.6 is 0 Å². The molecule has 1 amide bonds. The van der Waals surface area contributed by atoms with Gasteiger partial charge in [-0.2, -0.15) is 0 Å². The van der Waals surface area contributed by atoms with Gasteiger partial charge in [0.05, 0.1) is 6.10 Å². The standard InChI is InChI=1S/C12H21NO3/c1-2-5-16-8-12(15)13-6-9-3-4-11(14)10(9)7-13/h9-11,14H,2-8H2,1H3. The highest BCUT2D eigenvalue weighted by molar-refractivity contribution is 5.77. The third-order valence-electron chi connectivity index (χ3n) is 3.75. The van der Waals surface area contributed by atoms with E-state index in [2.05, 4.69) is 0 Å². The second-order valence-corrected chi connectivity index (χ2v) is 4.92. The number of rotatable bonds is 4. The molecule has 1 heterocycles. The maximum absolute atomic E-state index is 11.8. The molecule has 3 atom stereocenters. The Balaban J connectivity index is 1.78. The predicted octanol–water partition coefficient (Wildman–Crippen LogP) is 0.642. The van der Waals surface area contributed by atoms with Gasteiger partial charge in [0.15, 0.2) is 0 Å². The number of aliphatic hydroxyl groups excluding tert-OH is 1. The Bertz CT molecular complexity index is 257. The molecule has 92 valence electrons. The molecule has 2 aliphatic rings. The van der Waals surface area contributed by atoms with Crippen LogP contribution < -0.4 is 0 Å². The van der Waals surface area contributed by atoms with E-state index in [1.54, 1.807) is 0 Å². The lowest BCUT2D eigenvalue weighted by molar-refractivity contribution is -0.135. The first-order chi connectivity index (χ1) is 7.72. The first kappa shape index (κ1) is 11.9. The highest BCUT2D eigenvalue weighted by Gasteiger charge is 2.43. The minimum atomic E-state index is -0.195. The lowest BCUT2D eigenvalue weighted by Gasteiger charge is -2.18. The van der Waals surface area contributed by atoms with Gasteiger partial charge in [0.1, 0.15) is 6.61 Å². The van der Waals surface area contributed by atoms with Crippen molar-refractivity contribution in [1.82, 2.24) is 4.90 Å². The van der Waals surface area contributed by atoms with Crippen LogP contribution in [0.3, 0.4) is 0 Å². The van der Waals surface area contributed by atoms with Gasteiger partial charge in [-0.1, -0.05) is 6.92 Å². The largest absolute Gasteiger partial charge is 0.393 e. The molecule has 0 aromatic heterocycles. The summed E-state index contributed by atoms with van der Waals surface area (Å²) in [7, 11) is 0. The molecule has 2 rings (SSSR count). The quantitative estimate of drug-likeness (QED) is 0.717. The number of hydrogen-bond acceptors (Lipinski definition) is 3. The topological polar surface area (TPSA) is 49.8 Å². The minimum absolute atomic E-state index is 0.0788. The molecule has 0 aromatic carbocycles. The number of likely N-dealkylation sites (tertiary alicyclic amines) is 1. The highest BCUT2D eigenvalue weighted by Crippen LogP contribution is 2.37. The van der Waals surface area contributed by atoms with Crippen LogP contribution in [0.1, 0.15) is 26.2 Å². The van der Waals surface area contributed by atoms with E-state index in [9.17, 15) is 9.90 Å². The molecule has 1 aliphatic carbocycles. The number of aliphatic hydroxyl groups is 1. The van der Waals surface area contributed by atoms with Crippen LogP contribution in [-0.2, 0) is 9.53 Å². The molecule has 0 aromatic rings. The van der Waals surface area contributed by atoms with Crippen LogP contribution in [0.5, 0.6) is 0 Å². The number of ether oxygens (including phenoxy) is 1. The van der Waals surface area contributed by atoms with Gasteiger partial charge in [-0.25, -0.2) is 0 Å². The normalized spacial score (nSPS) is 33.1. The summed E-state index contributed by atoms with van der Waals surface area (Å²) < 4.78 is 5.25. The number of carbonyl (C=O) groups is 1. The van der Waals surface area contributed by atoms with E-state index in [0.717, 1.165) is 32.4 Å². The third-order valence-corrected chi connectivity index (χ3v) is 3.75. The van der Waals surface area contributed by atoms with Crippen molar-refractivity contribution < 1.29 is 14.6 Å². The maximum atomic E-state index is 11.8. The van der Waals surface area contributed by atoms with Gasteiger partial charge >= 0.3 is 0 Å².